The van der Waals surface area contributed by atoms with Crippen molar-refractivity contribution < 1.29 is 14.3 Å². The molecule has 0 unspecified atom stereocenters. The van der Waals surface area contributed by atoms with E-state index in [9.17, 15) is 4.79 Å². The third-order valence-electron chi connectivity index (χ3n) is 4.97. The number of aryl methyl sites for hydroxylation is 2. The van der Waals surface area contributed by atoms with Gasteiger partial charge in [-0.1, -0.05) is 37.6 Å². The van der Waals surface area contributed by atoms with Gasteiger partial charge < -0.3 is 9.47 Å². The number of ether oxygens (including phenoxy) is 2. The Morgan fingerprint density at radius 2 is 1.97 bits per heavy atom. The Balaban J connectivity index is 1.63. The van der Waals surface area contributed by atoms with Gasteiger partial charge in [-0.25, -0.2) is 4.98 Å². The minimum atomic E-state index is -0.233. The second kappa shape index (κ2) is 11.0. The van der Waals surface area contributed by atoms with Crippen LogP contribution >= 0.6 is 11.3 Å². The van der Waals surface area contributed by atoms with E-state index in [1.54, 1.807) is 13.2 Å². The molecule has 0 aliphatic heterocycles. The summed E-state index contributed by atoms with van der Waals surface area (Å²) in [6, 6.07) is 11.9. The number of aromatic nitrogens is 1. The van der Waals surface area contributed by atoms with Gasteiger partial charge in [-0.05, 0) is 61.6 Å². The maximum Gasteiger partial charge on any atom is 0.250 e. The van der Waals surface area contributed by atoms with E-state index in [0.717, 1.165) is 28.8 Å². The summed E-state index contributed by atoms with van der Waals surface area (Å²) < 4.78 is 11.3. The smallest absolute Gasteiger partial charge is 0.250 e. The second-order valence-corrected chi connectivity index (χ2v) is 8.98. The quantitative estimate of drug-likeness (QED) is 0.377. The Hall–Kier alpha value is -3.12. The molecular weight excluding hydrogens is 420 g/mol. The standard InChI is InChI=1S/C26H30N2O3S/c1-17(2)12-13-31-23-10-8-20(15-24(23)30-5)9-11-25(29)28-26-27-22(16-32-26)21-14-18(3)6-7-19(21)4/h6-11,14-17H,12-13H2,1-5H3,(H,27,28,29). The molecule has 1 amide bonds. The number of amides is 1. The summed E-state index contributed by atoms with van der Waals surface area (Å²) in [7, 11) is 1.61. The maximum absolute atomic E-state index is 12.4. The van der Waals surface area contributed by atoms with E-state index in [2.05, 4.69) is 56.2 Å². The number of carbonyl (C=O) groups is 1. The highest BCUT2D eigenvalue weighted by Gasteiger charge is 2.10. The Morgan fingerprint density at radius 1 is 1.16 bits per heavy atom. The Morgan fingerprint density at radius 3 is 2.72 bits per heavy atom. The van der Waals surface area contributed by atoms with Gasteiger partial charge >= 0.3 is 0 Å². The molecule has 32 heavy (non-hydrogen) atoms. The molecule has 168 valence electrons. The highest BCUT2D eigenvalue weighted by molar-refractivity contribution is 7.14. The van der Waals surface area contributed by atoms with Gasteiger partial charge in [-0.2, -0.15) is 0 Å². The normalized spacial score (nSPS) is 11.2. The summed E-state index contributed by atoms with van der Waals surface area (Å²) in [6.07, 6.45) is 4.22. The van der Waals surface area contributed by atoms with Crippen LogP contribution in [0.3, 0.4) is 0 Å². The third kappa shape index (κ3) is 6.44. The second-order valence-electron chi connectivity index (χ2n) is 8.12. The maximum atomic E-state index is 12.4. The lowest BCUT2D eigenvalue weighted by Crippen LogP contribution is -2.07. The summed E-state index contributed by atoms with van der Waals surface area (Å²) in [5, 5.41) is 5.37. The Kier molecular flexibility index (Phi) is 8.06. The van der Waals surface area contributed by atoms with Crippen LogP contribution in [0.25, 0.3) is 17.3 Å². The van der Waals surface area contributed by atoms with E-state index in [4.69, 9.17) is 9.47 Å². The number of carbonyl (C=O) groups excluding carboxylic acids is 1. The zero-order chi connectivity index (χ0) is 23.1. The van der Waals surface area contributed by atoms with E-state index in [-0.39, 0.29) is 5.91 Å². The lowest BCUT2D eigenvalue weighted by molar-refractivity contribution is -0.111. The van der Waals surface area contributed by atoms with Crippen LogP contribution < -0.4 is 14.8 Å². The fourth-order valence-corrected chi connectivity index (χ4v) is 3.81. The van der Waals surface area contributed by atoms with Gasteiger partial charge in [0.15, 0.2) is 16.6 Å². The summed E-state index contributed by atoms with van der Waals surface area (Å²) in [5.41, 5.74) is 5.14. The Labute approximate surface area is 194 Å². The van der Waals surface area contributed by atoms with Crippen molar-refractivity contribution in [3.05, 3.63) is 64.5 Å². The van der Waals surface area contributed by atoms with Crippen LogP contribution in [0.5, 0.6) is 11.5 Å². The minimum Gasteiger partial charge on any atom is -0.493 e. The number of anilines is 1. The van der Waals surface area contributed by atoms with E-state index >= 15 is 0 Å². The third-order valence-corrected chi connectivity index (χ3v) is 5.73. The molecule has 0 saturated heterocycles. The SMILES string of the molecule is COc1cc(C=CC(=O)Nc2nc(-c3cc(C)ccc3C)cs2)ccc1OCCC(C)C. The zero-order valence-corrected chi connectivity index (χ0v) is 20.1. The Bertz CT molecular complexity index is 1100. The number of nitrogens with zero attached hydrogens (tertiary/aromatic N) is 1. The first-order valence-corrected chi connectivity index (χ1v) is 11.6. The molecule has 1 aromatic heterocycles. The van der Waals surface area contributed by atoms with Gasteiger partial charge in [-0.3, -0.25) is 10.1 Å². The van der Waals surface area contributed by atoms with E-state index < -0.39 is 0 Å². The molecule has 0 radical (unpaired) electrons. The van der Waals surface area contributed by atoms with E-state index in [1.165, 1.54) is 23.0 Å². The molecule has 1 heterocycles. The highest BCUT2D eigenvalue weighted by Crippen LogP contribution is 2.30. The minimum absolute atomic E-state index is 0.233. The molecule has 1 N–H and O–H groups in total. The average Bonchev–Trinajstić information content (AvgIpc) is 3.22. The van der Waals surface area contributed by atoms with Gasteiger partial charge in [0.25, 0.3) is 0 Å². The first kappa shape index (κ1) is 23.5. The summed E-state index contributed by atoms with van der Waals surface area (Å²) in [4.78, 5) is 17.0. The van der Waals surface area contributed by atoms with Crippen LogP contribution in [-0.2, 0) is 4.79 Å². The topological polar surface area (TPSA) is 60.5 Å². The molecule has 0 saturated carbocycles. The summed E-state index contributed by atoms with van der Waals surface area (Å²) >= 11 is 1.41. The molecule has 0 fully saturated rings. The number of hydrogen-bond donors (Lipinski definition) is 1. The van der Waals surface area contributed by atoms with Crippen molar-refractivity contribution >= 4 is 28.5 Å². The van der Waals surface area contributed by atoms with Crippen molar-refractivity contribution in [3.8, 4) is 22.8 Å². The van der Waals surface area contributed by atoms with Crippen LogP contribution in [0.15, 0.2) is 47.9 Å². The largest absolute Gasteiger partial charge is 0.493 e. The average molecular weight is 451 g/mol. The van der Waals surface area contributed by atoms with Crippen LogP contribution in [0.2, 0.25) is 0 Å². The van der Waals surface area contributed by atoms with Crippen LogP contribution in [0.4, 0.5) is 5.13 Å². The summed E-state index contributed by atoms with van der Waals surface area (Å²) in [5.74, 6) is 1.70. The molecule has 2 aromatic carbocycles. The van der Waals surface area contributed by atoms with Crippen LogP contribution in [-0.4, -0.2) is 24.6 Å². The van der Waals surface area contributed by atoms with Crippen molar-refractivity contribution in [2.45, 2.75) is 34.1 Å². The van der Waals surface area contributed by atoms with Gasteiger partial charge in [0.05, 0.1) is 19.4 Å². The van der Waals surface area contributed by atoms with E-state index in [1.807, 2.05) is 23.6 Å². The van der Waals surface area contributed by atoms with Crippen LogP contribution in [0.1, 0.15) is 37.0 Å². The number of hydrogen-bond acceptors (Lipinski definition) is 5. The van der Waals surface area contributed by atoms with Crippen molar-refractivity contribution in [1.29, 1.82) is 0 Å². The lowest BCUT2D eigenvalue weighted by atomic mass is 10.0. The fraction of sp³-hybridized carbons (Fsp3) is 0.308. The molecule has 0 atom stereocenters. The predicted octanol–water partition coefficient (Wildman–Crippen LogP) is 6.51. The number of methoxy groups -OCH3 is 1. The fourth-order valence-electron chi connectivity index (χ4n) is 3.10. The first-order chi connectivity index (χ1) is 15.4. The first-order valence-electron chi connectivity index (χ1n) is 10.7. The van der Waals surface area contributed by atoms with Crippen molar-refractivity contribution in [2.75, 3.05) is 19.0 Å². The van der Waals surface area contributed by atoms with Gasteiger partial charge in [0.2, 0.25) is 5.91 Å². The number of thiazole rings is 1. The molecule has 0 aliphatic rings. The number of benzene rings is 2. The van der Waals surface area contributed by atoms with Crippen LogP contribution in [0, 0.1) is 19.8 Å². The van der Waals surface area contributed by atoms with Gasteiger partial charge in [0, 0.05) is 17.0 Å². The molecule has 3 rings (SSSR count). The van der Waals surface area contributed by atoms with Crippen molar-refractivity contribution in [3.63, 3.8) is 0 Å². The molecule has 6 heteroatoms. The molecule has 0 aliphatic carbocycles. The van der Waals surface area contributed by atoms with Crippen molar-refractivity contribution in [1.82, 2.24) is 4.98 Å². The molecule has 0 spiro atoms. The van der Waals surface area contributed by atoms with Gasteiger partial charge in [0.1, 0.15) is 0 Å². The molecule has 5 nitrogen and oxygen atoms in total. The predicted molar refractivity (Wildman–Crippen MR) is 133 cm³/mol. The zero-order valence-electron chi connectivity index (χ0n) is 19.3. The molecule has 3 aromatic rings. The number of rotatable bonds is 9. The molecule has 0 bridgehead atoms. The molecular formula is C26H30N2O3S. The van der Waals surface area contributed by atoms with Crippen molar-refractivity contribution in [2.24, 2.45) is 5.92 Å². The summed E-state index contributed by atoms with van der Waals surface area (Å²) in [6.45, 7) is 9.08. The highest BCUT2D eigenvalue weighted by atomic mass is 32.1. The monoisotopic (exact) mass is 450 g/mol. The van der Waals surface area contributed by atoms with E-state index in [0.29, 0.717) is 29.2 Å². The number of nitrogens with one attached hydrogen (secondary N) is 1. The lowest BCUT2D eigenvalue weighted by Gasteiger charge is -2.12. The van der Waals surface area contributed by atoms with Gasteiger partial charge in [-0.15, -0.1) is 11.3 Å².